The lowest BCUT2D eigenvalue weighted by atomic mass is 10.1. The molecule has 0 unspecified atom stereocenters. The van der Waals surface area contributed by atoms with Crippen molar-refractivity contribution >= 4 is 39.9 Å². The van der Waals surface area contributed by atoms with Crippen molar-refractivity contribution in [2.24, 2.45) is 4.99 Å². The van der Waals surface area contributed by atoms with Crippen LogP contribution in [-0.2, 0) is 0 Å². The fourth-order valence-electron chi connectivity index (χ4n) is 2.73. The highest BCUT2D eigenvalue weighted by Gasteiger charge is 2.14. The Balaban J connectivity index is 1.84. The van der Waals surface area contributed by atoms with Crippen molar-refractivity contribution in [1.82, 2.24) is 0 Å². The molecule has 0 atom stereocenters. The van der Waals surface area contributed by atoms with Crippen molar-refractivity contribution in [1.29, 1.82) is 0 Å². The van der Waals surface area contributed by atoms with Gasteiger partial charge in [-0.2, -0.15) is 0 Å². The summed E-state index contributed by atoms with van der Waals surface area (Å²) in [5.41, 5.74) is 0.845. The van der Waals surface area contributed by atoms with Gasteiger partial charge in [0.1, 0.15) is 22.7 Å². The third-order valence-electron chi connectivity index (χ3n) is 4.13. The van der Waals surface area contributed by atoms with E-state index in [1.807, 2.05) is 0 Å². The second-order valence-corrected chi connectivity index (χ2v) is 6.61. The van der Waals surface area contributed by atoms with E-state index in [9.17, 15) is 13.6 Å². The Labute approximate surface area is 169 Å². The molecule has 0 spiro atoms. The molecule has 4 nitrogen and oxygen atoms in total. The summed E-state index contributed by atoms with van der Waals surface area (Å²) in [7, 11) is 0. The number of nitrogens with one attached hydrogen (secondary N) is 1. The molecular weight excluding hydrogens is 398 g/mol. The number of carbonyl (C=O) groups excluding carboxylic acids is 1. The minimum absolute atomic E-state index is 0.0966. The highest BCUT2D eigenvalue weighted by molar-refractivity contribution is 6.30. The maximum absolute atomic E-state index is 14.1. The summed E-state index contributed by atoms with van der Waals surface area (Å²) in [4.78, 5) is 17.0. The summed E-state index contributed by atoms with van der Waals surface area (Å²) >= 11 is 5.87. The molecule has 1 N–H and O–H groups in total. The first kappa shape index (κ1) is 18.8. The molecule has 0 aliphatic heterocycles. The van der Waals surface area contributed by atoms with Crippen molar-refractivity contribution in [2.45, 2.75) is 0 Å². The summed E-state index contributed by atoms with van der Waals surface area (Å²) in [6.07, 6.45) is 0. The van der Waals surface area contributed by atoms with Gasteiger partial charge in [-0.25, -0.2) is 13.8 Å². The minimum Gasteiger partial charge on any atom is -0.438 e. The second kappa shape index (κ2) is 7.85. The number of anilines is 1. The smallest absolute Gasteiger partial charge is 0.261 e. The minimum atomic E-state index is -0.864. The predicted molar refractivity (Wildman–Crippen MR) is 107 cm³/mol. The molecule has 0 aliphatic carbocycles. The van der Waals surface area contributed by atoms with Gasteiger partial charge in [0.2, 0.25) is 5.55 Å². The van der Waals surface area contributed by atoms with E-state index in [0.29, 0.717) is 27.7 Å². The van der Waals surface area contributed by atoms with E-state index in [1.165, 1.54) is 6.07 Å². The topological polar surface area (TPSA) is 54.6 Å². The molecular formula is C22H13ClF2N2O2. The lowest BCUT2D eigenvalue weighted by Gasteiger charge is -2.07. The Bertz CT molecular complexity index is 1280. The molecule has 1 amide bonds. The van der Waals surface area contributed by atoms with Crippen molar-refractivity contribution < 1.29 is 18.0 Å². The average Bonchev–Trinajstić information content (AvgIpc) is 2.71. The van der Waals surface area contributed by atoms with Crippen LogP contribution in [0.2, 0.25) is 5.02 Å². The molecule has 3 aromatic carbocycles. The molecule has 0 saturated heterocycles. The molecule has 4 rings (SSSR count). The molecule has 0 radical (unpaired) electrons. The number of nitrogens with zero attached hydrogens (tertiary/aromatic N) is 1. The molecule has 29 heavy (non-hydrogen) atoms. The third-order valence-corrected chi connectivity index (χ3v) is 4.39. The Morgan fingerprint density at radius 3 is 2.48 bits per heavy atom. The van der Waals surface area contributed by atoms with Crippen LogP contribution in [0, 0.1) is 11.6 Å². The molecule has 0 fully saturated rings. The maximum atomic E-state index is 14.1. The Morgan fingerprint density at radius 2 is 1.72 bits per heavy atom. The fourth-order valence-corrected chi connectivity index (χ4v) is 2.85. The number of benzene rings is 3. The lowest BCUT2D eigenvalue weighted by Crippen LogP contribution is -2.21. The van der Waals surface area contributed by atoms with Gasteiger partial charge in [-0.15, -0.1) is 0 Å². The number of amides is 1. The van der Waals surface area contributed by atoms with Gasteiger partial charge in [0.25, 0.3) is 5.91 Å². The Morgan fingerprint density at radius 1 is 0.966 bits per heavy atom. The van der Waals surface area contributed by atoms with Gasteiger partial charge in [-0.05, 0) is 48.5 Å². The third kappa shape index (κ3) is 4.17. The zero-order valence-electron chi connectivity index (χ0n) is 14.8. The van der Waals surface area contributed by atoms with Gasteiger partial charge >= 0.3 is 0 Å². The summed E-state index contributed by atoms with van der Waals surface area (Å²) in [6, 6.07) is 18.2. The molecule has 1 heterocycles. The first-order valence-electron chi connectivity index (χ1n) is 8.59. The summed E-state index contributed by atoms with van der Waals surface area (Å²) in [5, 5.41) is 3.94. The van der Waals surface area contributed by atoms with E-state index < -0.39 is 17.5 Å². The molecule has 0 aliphatic rings. The van der Waals surface area contributed by atoms with Crippen LogP contribution >= 0.6 is 11.6 Å². The second-order valence-electron chi connectivity index (χ2n) is 6.17. The van der Waals surface area contributed by atoms with Crippen LogP contribution in [0.4, 0.5) is 20.2 Å². The van der Waals surface area contributed by atoms with E-state index in [1.54, 1.807) is 54.6 Å². The molecule has 0 bridgehead atoms. The van der Waals surface area contributed by atoms with Crippen LogP contribution in [0.1, 0.15) is 10.4 Å². The molecule has 144 valence electrons. The predicted octanol–water partition coefficient (Wildman–Crippen LogP) is 5.85. The number of halogens is 3. The zero-order valence-corrected chi connectivity index (χ0v) is 15.6. The monoisotopic (exact) mass is 410 g/mol. The van der Waals surface area contributed by atoms with Gasteiger partial charge in [0, 0.05) is 22.2 Å². The highest BCUT2D eigenvalue weighted by Crippen LogP contribution is 2.20. The van der Waals surface area contributed by atoms with E-state index in [4.69, 9.17) is 16.0 Å². The van der Waals surface area contributed by atoms with E-state index in [0.717, 1.165) is 6.07 Å². The van der Waals surface area contributed by atoms with Crippen LogP contribution < -0.4 is 10.9 Å². The summed E-state index contributed by atoms with van der Waals surface area (Å²) < 4.78 is 33.0. The number of para-hydroxylation sites is 1. The first-order chi connectivity index (χ1) is 14.0. The molecule has 0 saturated carbocycles. The van der Waals surface area contributed by atoms with E-state index in [-0.39, 0.29) is 16.8 Å². The Kier molecular flexibility index (Phi) is 5.10. The number of hydrogen-bond donors (Lipinski definition) is 1. The molecule has 7 heteroatoms. The maximum Gasteiger partial charge on any atom is 0.261 e. The molecule has 4 aromatic rings. The van der Waals surface area contributed by atoms with Crippen LogP contribution in [0.25, 0.3) is 11.0 Å². The standard InChI is InChI=1S/C22H13ClF2N2O2/c23-14-5-8-16(9-6-14)26-21(28)17-11-13-3-1-2-4-20(13)29-22(17)27-19-10-7-15(24)12-18(19)25/h1-12H,(H,26,28). The van der Waals surface area contributed by atoms with E-state index in [2.05, 4.69) is 10.3 Å². The number of fused-ring (bicyclic) bond motifs is 1. The molecule has 1 aromatic heterocycles. The van der Waals surface area contributed by atoms with E-state index >= 15 is 0 Å². The zero-order chi connectivity index (χ0) is 20.4. The quantitative estimate of drug-likeness (QED) is 0.460. The normalized spacial score (nSPS) is 11.6. The van der Waals surface area contributed by atoms with Gasteiger partial charge in [0.15, 0.2) is 5.82 Å². The van der Waals surface area contributed by atoms with Crippen LogP contribution in [0.15, 0.2) is 82.2 Å². The number of hydrogen-bond acceptors (Lipinski definition) is 3. The Hall–Kier alpha value is -3.51. The van der Waals surface area contributed by atoms with Gasteiger partial charge in [-0.3, -0.25) is 4.79 Å². The van der Waals surface area contributed by atoms with Gasteiger partial charge in [-0.1, -0.05) is 29.8 Å². The number of carbonyl (C=O) groups is 1. The lowest BCUT2D eigenvalue weighted by molar-refractivity contribution is 0.102. The van der Waals surface area contributed by atoms with Crippen LogP contribution in [-0.4, -0.2) is 5.91 Å². The van der Waals surface area contributed by atoms with Crippen LogP contribution in [0.5, 0.6) is 0 Å². The summed E-state index contributed by atoms with van der Waals surface area (Å²) in [6.45, 7) is 0. The fraction of sp³-hybridized carbons (Fsp3) is 0. The highest BCUT2D eigenvalue weighted by atomic mass is 35.5. The average molecular weight is 411 g/mol. The van der Waals surface area contributed by atoms with Crippen molar-refractivity contribution in [2.75, 3.05) is 5.32 Å². The first-order valence-corrected chi connectivity index (χ1v) is 8.97. The number of rotatable bonds is 3. The summed E-state index contributed by atoms with van der Waals surface area (Å²) in [5.74, 6) is -2.09. The van der Waals surface area contributed by atoms with Crippen molar-refractivity contribution in [3.05, 3.63) is 101 Å². The van der Waals surface area contributed by atoms with Crippen molar-refractivity contribution in [3.63, 3.8) is 0 Å². The largest absolute Gasteiger partial charge is 0.438 e. The van der Waals surface area contributed by atoms with Gasteiger partial charge in [0.05, 0.1) is 0 Å². The van der Waals surface area contributed by atoms with Crippen molar-refractivity contribution in [3.8, 4) is 0 Å². The van der Waals surface area contributed by atoms with Gasteiger partial charge < -0.3 is 9.73 Å². The van der Waals surface area contributed by atoms with Crippen LogP contribution in [0.3, 0.4) is 0 Å². The SMILES string of the molecule is O=C(Nc1ccc(Cl)cc1)c1cc2ccccc2oc1=Nc1ccc(F)cc1F.